The first kappa shape index (κ1) is 12.6. The lowest BCUT2D eigenvalue weighted by molar-refractivity contribution is 0.241. The van der Waals surface area contributed by atoms with E-state index >= 15 is 0 Å². The van der Waals surface area contributed by atoms with Crippen molar-refractivity contribution in [2.75, 3.05) is 13.2 Å². The molecule has 0 saturated heterocycles. The van der Waals surface area contributed by atoms with Crippen LogP contribution in [0.2, 0.25) is 0 Å². The molecular weight excluding hydrogens is 210 g/mol. The molecule has 1 atom stereocenters. The number of aliphatic hydroxyl groups is 1. The van der Waals surface area contributed by atoms with Crippen molar-refractivity contribution in [3.05, 3.63) is 35.4 Å². The molecular formula is C15H23NO. The smallest absolute Gasteiger partial charge is 0.0626 e. The summed E-state index contributed by atoms with van der Waals surface area (Å²) in [6, 6.07) is 8.77. The van der Waals surface area contributed by atoms with Crippen LogP contribution in [0.25, 0.3) is 0 Å². The topological polar surface area (TPSA) is 32.3 Å². The number of nitrogens with one attached hydrogen (secondary N) is 1. The molecule has 2 nitrogen and oxygen atoms in total. The van der Waals surface area contributed by atoms with Crippen LogP contribution in [0.3, 0.4) is 0 Å². The Morgan fingerprint density at radius 2 is 2.12 bits per heavy atom. The Bertz CT molecular complexity index is 358. The maximum absolute atomic E-state index is 9.47. The van der Waals surface area contributed by atoms with Crippen LogP contribution in [0, 0.1) is 5.92 Å². The average Bonchev–Trinajstić information content (AvgIpc) is 3.14. The SMILES string of the molecule is CC(C)CNC(CO)c1cccc(C2CC2)c1. The van der Waals surface area contributed by atoms with Gasteiger partial charge in [0.1, 0.15) is 0 Å². The molecule has 2 rings (SSSR count). The number of benzene rings is 1. The molecule has 17 heavy (non-hydrogen) atoms. The van der Waals surface area contributed by atoms with Crippen LogP contribution in [0.15, 0.2) is 24.3 Å². The van der Waals surface area contributed by atoms with Crippen molar-refractivity contribution in [1.82, 2.24) is 5.32 Å². The van der Waals surface area contributed by atoms with Gasteiger partial charge in [0, 0.05) is 0 Å². The van der Waals surface area contributed by atoms with E-state index in [1.807, 2.05) is 0 Å². The van der Waals surface area contributed by atoms with Crippen molar-refractivity contribution in [3.8, 4) is 0 Å². The summed E-state index contributed by atoms with van der Waals surface area (Å²) < 4.78 is 0. The van der Waals surface area contributed by atoms with E-state index in [2.05, 4.69) is 43.4 Å². The van der Waals surface area contributed by atoms with E-state index in [9.17, 15) is 5.11 Å². The summed E-state index contributed by atoms with van der Waals surface area (Å²) in [5.41, 5.74) is 2.66. The highest BCUT2D eigenvalue weighted by molar-refractivity contribution is 5.31. The fourth-order valence-corrected chi connectivity index (χ4v) is 2.11. The Kier molecular flexibility index (Phi) is 4.19. The highest BCUT2D eigenvalue weighted by Crippen LogP contribution is 2.40. The maximum atomic E-state index is 9.47. The zero-order valence-electron chi connectivity index (χ0n) is 10.8. The Labute approximate surface area is 104 Å². The lowest BCUT2D eigenvalue weighted by atomic mass is 10.0. The Hall–Kier alpha value is -0.860. The lowest BCUT2D eigenvalue weighted by Crippen LogP contribution is -2.28. The zero-order valence-corrected chi connectivity index (χ0v) is 10.8. The van der Waals surface area contributed by atoms with Crippen molar-refractivity contribution >= 4 is 0 Å². The third-order valence-corrected chi connectivity index (χ3v) is 3.32. The van der Waals surface area contributed by atoms with Gasteiger partial charge in [0.15, 0.2) is 0 Å². The first-order valence-electron chi connectivity index (χ1n) is 6.64. The minimum Gasteiger partial charge on any atom is -0.394 e. The van der Waals surface area contributed by atoms with Crippen LogP contribution in [-0.2, 0) is 0 Å². The predicted molar refractivity (Wildman–Crippen MR) is 71.1 cm³/mol. The normalized spacial score (nSPS) is 17.4. The summed E-state index contributed by atoms with van der Waals surface area (Å²) in [7, 11) is 0. The molecule has 1 aromatic carbocycles. The zero-order chi connectivity index (χ0) is 12.3. The van der Waals surface area contributed by atoms with Gasteiger partial charge in [0.2, 0.25) is 0 Å². The quantitative estimate of drug-likeness (QED) is 0.792. The van der Waals surface area contributed by atoms with Crippen LogP contribution in [0.1, 0.15) is 49.8 Å². The fourth-order valence-electron chi connectivity index (χ4n) is 2.11. The molecule has 1 aliphatic rings. The van der Waals surface area contributed by atoms with E-state index in [0.29, 0.717) is 5.92 Å². The molecule has 2 N–H and O–H groups in total. The fraction of sp³-hybridized carbons (Fsp3) is 0.600. The molecule has 0 aromatic heterocycles. The average molecular weight is 233 g/mol. The Balaban J connectivity index is 2.04. The third-order valence-electron chi connectivity index (χ3n) is 3.32. The highest BCUT2D eigenvalue weighted by atomic mass is 16.3. The van der Waals surface area contributed by atoms with Gasteiger partial charge < -0.3 is 10.4 Å². The number of hydrogen-bond acceptors (Lipinski definition) is 2. The van der Waals surface area contributed by atoms with Gasteiger partial charge in [-0.05, 0) is 42.3 Å². The molecule has 0 spiro atoms. The van der Waals surface area contributed by atoms with Gasteiger partial charge in [0.25, 0.3) is 0 Å². The molecule has 0 bridgehead atoms. The molecule has 1 aliphatic carbocycles. The predicted octanol–water partition coefficient (Wildman–Crippen LogP) is 2.84. The second-order valence-corrected chi connectivity index (χ2v) is 5.48. The second kappa shape index (κ2) is 5.65. The largest absolute Gasteiger partial charge is 0.394 e. The van der Waals surface area contributed by atoms with Crippen molar-refractivity contribution in [3.63, 3.8) is 0 Å². The summed E-state index contributed by atoms with van der Waals surface area (Å²) in [4.78, 5) is 0. The molecule has 94 valence electrons. The third kappa shape index (κ3) is 3.55. The first-order valence-corrected chi connectivity index (χ1v) is 6.64. The molecule has 0 radical (unpaired) electrons. The van der Waals surface area contributed by atoms with E-state index < -0.39 is 0 Å². The van der Waals surface area contributed by atoms with E-state index in [1.54, 1.807) is 0 Å². The van der Waals surface area contributed by atoms with Gasteiger partial charge in [-0.25, -0.2) is 0 Å². The lowest BCUT2D eigenvalue weighted by Gasteiger charge is -2.19. The van der Waals surface area contributed by atoms with Crippen LogP contribution >= 0.6 is 0 Å². The number of rotatable bonds is 6. The molecule has 1 unspecified atom stereocenters. The Morgan fingerprint density at radius 3 is 2.71 bits per heavy atom. The summed E-state index contributed by atoms with van der Waals surface area (Å²) >= 11 is 0. The monoisotopic (exact) mass is 233 g/mol. The van der Waals surface area contributed by atoms with Crippen molar-refractivity contribution < 1.29 is 5.11 Å². The van der Waals surface area contributed by atoms with Crippen molar-refractivity contribution in [2.45, 2.75) is 38.6 Å². The van der Waals surface area contributed by atoms with E-state index in [1.165, 1.54) is 24.0 Å². The summed E-state index contributed by atoms with van der Waals surface area (Å²) in [5.74, 6) is 1.38. The molecule has 0 heterocycles. The van der Waals surface area contributed by atoms with Crippen LogP contribution in [0.4, 0.5) is 0 Å². The van der Waals surface area contributed by atoms with Crippen LogP contribution in [-0.4, -0.2) is 18.3 Å². The van der Waals surface area contributed by atoms with Gasteiger partial charge >= 0.3 is 0 Å². The molecule has 0 aliphatic heterocycles. The second-order valence-electron chi connectivity index (χ2n) is 5.48. The molecule has 1 aromatic rings. The van der Waals surface area contributed by atoms with Crippen LogP contribution < -0.4 is 5.32 Å². The van der Waals surface area contributed by atoms with E-state index in [4.69, 9.17) is 0 Å². The van der Waals surface area contributed by atoms with Gasteiger partial charge in [-0.15, -0.1) is 0 Å². The maximum Gasteiger partial charge on any atom is 0.0626 e. The molecule has 2 heteroatoms. The summed E-state index contributed by atoms with van der Waals surface area (Å²) in [5, 5.41) is 12.9. The van der Waals surface area contributed by atoms with Gasteiger partial charge in [-0.3, -0.25) is 0 Å². The standard InChI is InChI=1S/C15H23NO/c1-11(2)9-16-15(10-17)14-5-3-4-13(8-14)12-6-7-12/h3-5,8,11-12,15-17H,6-7,9-10H2,1-2H3. The van der Waals surface area contributed by atoms with Crippen molar-refractivity contribution in [1.29, 1.82) is 0 Å². The van der Waals surface area contributed by atoms with Gasteiger partial charge in [0.05, 0.1) is 12.6 Å². The Morgan fingerprint density at radius 1 is 1.35 bits per heavy atom. The minimum absolute atomic E-state index is 0.0797. The van der Waals surface area contributed by atoms with Gasteiger partial charge in [-0.1, -0.05) is 38.1 Å². The molecule has 0 amide bonds. The minimum atomic E-state index is 0.0797. The number of hydrogen-bond donors (Lipinski definition) is 2. The molecule has 1 saturated carbocycles. The summed E-state index contributed by atoms with van der Waals surface area (Å²) in [6.07, 6.45) is 2.65. The molecule has 1 fully saturated rings. The van der Waals surface area contributed by atoms with Crippen molar-refractivity contribution in [2.24, 2.45) is 5.92 Å². The van der Waals surface area contributed by atoms with Crippen LogP contribution in [0.5, 0.6) is 0 Å². The van der Waals surface area contributed by atoms with E-state index in [-0.39, 0.29) is 12.6 Å². The van der Waals surface area contributed by atoms with Gasteiger partial charge in [-0.2, -0.15) is 0 Å². The summed E-state index contributed by atoms with van der Waals surface area (Å²) in [6.45, 7) is 5.48. The first-order chi connectivity index (χ1) is 8.20. The number of aliphatic hydroxyl groups excluding tert-OH is 1. The van der Waals surface area contributed by atoms with E-state index in [0.717, 1.165) is 12.5 Å². The highest BCUT2D eigenvalue weighted by Gasteiger charge is 2.24.